The molecule has 5 rings (SSSR count). The number of aromatic amines is 2. The first kappa shape index (κ1) is 24.3. The maximum absolute atomic E-state index is 15.5. The molecule has 1 aliphatic carbocycles. The minimum atomic E-state index is -0.775. The van der Waals surface area contributed by atoms with Crippen molar-refractivity contribution in [3.8, 4) is 11.1 Å². The summed E-state index contributed by atoms with van der Waals surface area (Å²) in [5.74, 6) is -1.35. The number of amides is 1. The summed E-state index contributed by atoms with van der Waals surface area (Å²) in [7, 11) is 1.48. The highest BCUT2D eigenvalue weighted by atomic mass is 19.1. The molecule has 0 unspecified atom stereocenters. The molecule has 0 atom stereocenters. The number of halogens is 2. The standard InChI is InChI=1S/C26H23F2N5O4/c1-36-10-11-37-26(35)31-25-29-20-9-7-16(22(28)23(20)30-25)18-12-14(6-8-19(18)27)13-21-15-4-2-3-5-17(15)24(34)33-32-21/h4-9,12H,2-3,10-11,13H2,1H3,(H,33,34)(H2,29,30,31,35). The fourth-order valence-corrected chi connectivity index (χ4v) is 4.28. The van der Waals surface area contributed by atoms with Gasteiger partial charge in [-0.25, -0.2) is 23.7 Å². The van der Waals surface area contributed by atoms with E-state index in [1.807, 2.05) is 12.2 Å². The van der Waals surface area contributed by atoms with Crippen LogP contribution in [0.1, 0.15) is 24.1 Å². The minimum Gasteiger partial charge on any atom is -0.447 e. The predicted molar refractivity (Wildman–Crippen MR) is 133 cm³/mol. The van der Waals surface area contributed by atoms with E-state index < -0.39 is 17.7 Å². The third-order valence-corrected chi connectivity index (χ3v) is 6.03. The van der Waals surface area contributed by atoms with Crippen LogP contribution in [0, 0.1) is 11.6 Å². The van der Waals surface area contributed by atoms with Gasteiger partial charge in [0.25, 0.3) is 5.56 Å². The number of nitrogens with zero attached hydrogens (tertiary/aromatic N) is 2. The molecule has 0 saturated carbocycles. The first-order chi connectivity index (χ1) is 17.9. The monoisotopic (exact) mass is 507 g/mol. The van der Waals surface area contributed by atoms with Crippen molar-refractivity contribution < 1.29 is 23.0 Å². The second kappa shape index (κ2) is 10.3. The maximum Gasteiger partial charge on any atom is 0.414 e. The second-order valence-corrected chi connectivity index (χ2v) is 8.47. The molecule has 2 heterocycles. The molecule has 37 heavy (non-hydrogen) atoms. The van der Waals surface area contributed by atoms with Crippen molar-refractivity contribution in [3.05, 3.63) is 74.0 Å². The van der Waals surface area contributed by atoms with Gasteiger partial charge in [-0.2, -0.15) is 5.10 Å². The van der Waals surface area contributed by atoms with Crippen molar-refractivity contribution in [1.29, 1.82) is 0 Å². The van der Waals surface area contributed by atoms with Gasteiger partial charge in [0.1, 0.15) is 17.9 Å². The largest absolute Gasteiger partial charge is 0.447 e. The van der Waals surface area contributed by atoms with Gasteiger partial charge < -0.3 is 14.5 Å². The number of fused-ring (bicyclic) bond motifs is 2. The van der Waals surface area contributed by atoms with Crippen LogP contribution in [-0.4, -0.2) is 46.6 Å². The summed E-state index contributed by atoms with van der Waals surface area (Å²) < 4.78 is 40.1. The zero-order valence-electron chi connectivity index (χ0n) is 19.9. The molecule has 0 saturated heterocycles. The molecule has 0 radical (unpaired) electrons. The van der Waals surface area contributed by atoms with Crippen LogP contribution in [-0.2, 0) is 15.9 Å². The molecular weight excluding hydrogens is 484 g/mol. The first-order valence-electron chi connectivity index (χ1n) is 11.6. The Labute approximate surface area is 208 Å². The average molecular weight is 507 g/mol. The molecule has 190 valence electrons. The second-order valence-electron chi connectivity index (χ2n) is 8.47. The number of hydrogen-bond acceptors (Lipinski definition) is 6. The van der Waals surface area contributed by atoms with Crippen molar-refractivity contribution in [2.75, 3.05) is 25.6 Å². The summed E-state index contributed by atoms with van der Waals surface area (Å²) in [5.41, 5.74) is 1.43. The number of rotatable bonds is 7. The van der Waals surface area contributed by atoms with Gasteiger partial charge in [0, 0.05) is 35.1 Å². The summed E-state index contributed by atoms with van der Waals surface area (Å²) in [6, 6.07) is 7.44. The molecule has 3 N–H and O–H groups in total. The average Bonchev–Trinajstić information content (AvgIpc) is 3.31. The maximum atomic E-state index is 15.5. The summed E-state index contributed by atoms with van der Waals surface area (Å²) in [6.45, 7) is 0.276. The smallest absolute Gasteiger partial charge is 0.414 e. The van der Waals surface area contributed by atoms with Crippen LogP contribution < -0.4 is 21.3 Å². The Bertz CT molecular complexity index is 1680. The van der Waals surface area contributed by atoms with E-state index in [4.69, 9.17) is 9.47 Å². The van der Waals surface area contributed by atoms with Gasteiger partial charge in [-0.1, -0.05) is 18.2 Å². The Morgan fingerprint density at radius 2 is 1.89 bits per heavy atom. The van der Waals surface area contributed by atoms with Crippen LogP contribution in [0.25, 0.3) is 34.3 Å². The number of H-pyrrole nitrogens is 2. The zero-order valence-corrected chi connectivity index (χ0v) is 19.9. The summed E-state index contributed by atoms with van der Waals surface area (Å²) in [6.07, 6.45) is 4.98. The number of ether oxygens (including phenoxy) is 2. The van der Waals surface area contributed by atoms with Gasteiger partial charge in [0.05, 0.1) is 17.8 Å². The predicted octanol–water partition coefficient (Wildman–Crippen LogP) is 2.73. The molecule has 0 spiro atoms. The lowest BCUT2D eigenvalue weighted by molar-refractivity contribution is 0.107. The highest BCUT2D eigenvalue weighted by molar-refractivity contribution is 5.88. The van der Waals surface area contributed by atoms with Crippen molar-refractivity contribution in [1.82, 2.24) is 20.2 Å². The Morgan fingerprint density at radius 1 is 1.08 bits per heavy atom. The van der Waals surface area contributed by atoms with Crippen LogP contribution in [0.5, 0.6) is 0 Å². The quantitative estimate of drug-likeness (QED) is 0.331. The third-order valence-electron chi connectivity index (χ3n) is 6.03. The Balaban J connectivity index is 1.46. The van der Waals surface area contributed by atoms with E-state index in [1.54, 1.807) is 18.2 Å². The molecule has 0 fully saturated rings. The Hall–Kier alpha value is -4.38. The molecule has 1 amide bonds. The first-order valence-corrected chi connectivity index (χ1v) is 11.6. The number of carbonyl (C=O) groups excluding carboxylic acids is 1. The van der Waals surface area contributed by atoms with Crippen molar-refractivity contribution in [3.63, 3.8) is 0 Å². The van der Waals surface area contributed by atoms with Crippen molar-refractivity contribution >= 4 is 35.2 Å². The number of imidazole rings is 1. The van der Waals surface area contributed by atoms with E-state index in [2.05, 4.69) is 25.5 Å². The number of aromatic nitrogens is 4. The van der Waals surface area contributed by atoms with E-state index in [9.17, 15) is 14.0 Å². The van der Waals surface area contributed by atoms with Crippen LogP contribution >= 0.6 is 0 Å². The molecule has 2 aromatic carbocycles. The number of methoxy groups -OCH3 is 1. The van der Waals surface area contributed by atoms with E-state index in [0.717, 1.165) is 18.1 Å². The van der Waals surface area contributed by atoms with Crippen LogP contribution in [0.4, 0.5) is 19.5 Å². The highest BCUT2D eigenvalue weighted by Crippen LogP contribution is 2.31. The third kappa shape index (κ3) is 4.98. The van der Waals surface area contributed by atoms with E-state index in [0.29, 0.717) is 28.4 Å². The molecular formula is C26H23F2N5O4. The molecule has 0 bridgehead atoms. The SMILES string of the molecule is COCCOC(=O)Nc1nc2c(F)c(-c3cc(Cc4n[nH]c(=O)c5c4=CCCC=5)ccc3F)ccc2[nH]1. The fraction of sp³-hybridized carbons (Fsp3) is 0.231. The van der Waals surface area contributed by atoms with E-state index in [-0.39, 0.29) is 41.4 Å². The highest BCUT2D eigenvalue weighted by Gasteiger charge is 2.18. The fourth-order valence-electron chi connectivity index (χ4n) is 4.28. The van der Waals surface area contributed by atoms with Crippen molar-refractivity contribution in [2.45, 2.75) is 19.3 Å². The van der Waals surface area contributed by atoms with Crippen LogP contribution in [0.15, 0.2) is 35.1 Å². The summed E-state index contributed by atoms with van der Waals surface area (Å²) >= 11 is 0. The lowest BCUT2D eigenvalue weighted by Gasteiger charge is -2.10. The Kier molecular flexibility index (Phi) is 6.78. The van der Waals surface area contributed by atoms with Gasteiger partial charge in [0.15, 0.2) is 5.82 Å². The van der Waals surface area contributed by atoms with Gasteiger partial charge in [-0.15, -0.1) is 0 Å². The lowest BCUT2D eigenvalue weighted by Crippen LogP contribution is -2.45. The topological polar surface area (TPSA) is 122 Å². The molecule has 1 aliphatic rings. The van der Waals surface area contributed by atoms with E-state index >= 15 is 4.39 Å². The molecule has 0 aliphatic heterocycles. The molecule has 4 aromatic rings. The molecule has 2 aromatic heterocycles. The van der Waals surface area contributed by atoms with Crippen LogP contribution in [0.3, 0.4) is 0 Å². The number of anilines is 1. The van der Waals surface area contributed by atoms with E-state index in [1.165, 1.54) is 19.2 Å². The van der Waals surface area contributed by atoms with Crippen LogP contribution in [0.2, 0.25) is 0 Å². The summed E-state index contributed by atoms with van der Waals surface area (Å²) in [4.78, 5) is 30.9. The van der Waals surface area contributed by atoms with Crippen molar-refractivity contribution in [2.24, 2.45) is 0 Å². The van der Waals surface area contributed by atoms with Gasteiger partial charge in [-0.3, -0.25) is 10.1 Å². The normalized spacial score (nSPS) is 12.5. The van der Waals surface area contributed by atoms with Gasteiger partial charge >= 0.3 is 6.09 Å². The van der Waals surface area contributed by atoms with Gasteiger partial charge in [0.2, 0.25) is 5.95 Å². The number of benzene rings is 2. The molecule has 11 heteroatoms. The number of hydrogen-bond donors (Lipinski definition) is 3. The lowest BCUT2D eigenvalue weighted by atomic mass is 9.98. The number of nitrogens with one attached hydrogen (secondary N) is 3. The van der Waals surface area contributed by atoms with Gasteiger partial charge in [-0.05, 0) is 42.7 Å². The Morgan fingerprint density at radius 3 is 2.70 bits per heavy atom. The number of carbonyl (C=O) groups is 1. The molecule has 9 nitrogen and oxygen atoms in total. The minimum absolute atomic E-state index is 0.00957. The zero-order chi connectivity index (χ0) is 25.9. The summed E-state index contributed by atoms with van der Waals surface area (Å²) in [5, 5.41) is 10.5.